The second kappa shape index (κ2) is 7.46. The second-order valence-electron chi connectivity index (χ2n) is 5.09. The highest BCUT2D eigenvalue weighted by Crippen LogP contribution is 2.16. The smallest absolute Gasteiger partial charge is 0.119 e. The van der Waals surface area contributed by atoms with Gasteiger partial charge < -0.3 is 10.1 Å². The highest BCUT2D eigenvalue weighted by atomic mass is 79.9. The molecule has 0 unspecified atom stereocenters. The van der Waals surface area contributed by atoms with E-state index in [-0.39, 0.29) is 0 Å². The van der Waals surface area contributed by atoms with Gasteiger partial charge >= 0.3 is 0 Å². The van der Waals surface area contributed by atoms with Crippen molar-refractivity contribution in [3.63, 3.8) is 0 Å². The molecule has 2 rings (SSSR count). The Bertz CT molecular complexity index is 520. The fourth-order valence-electron chi connectivity index (χ4n) is 1.77. The molecule has 0 aliphatic heterocycles. The predicted octanol–water partition coefficient (Wildman–Crippen LogP) is 4.53. The van der Waals surface area contributed by atoms with E-state index in [0.717, 1.165) is 16.8 Å². The first-order valence-corrected chi connectivity index (χ1v) is 7.62. The van der Waals surface area contributed by atoms with Gasteiger partial charge in [-0.05, 0) is 35.4 Å². The second-order valence-corrected chi connectivity index (χ2v) is 6.01. The van der Waals surface area contributed by atoms with Gasteiger partial charge in [-0.3, -0.25) is 0 Å². The van der Waals surface area contributed by atoms with E-state index in [1.807, 2.05) is 24.3 Å². The summed E-state index contributed by atoms with van der Waals surface area (Å²) in [4.78, 5) is 0. The highest BCUT2D eigenvalue weighted by molar-refractivity contribution is 9.10. The Labute approximate surface area is 129 Å². The Morgan fingerprint density at radius 1 is 0.950 bits per heavy atom. The Balaban J connectivity index is 1.85. The van der Waals surface area contributed by atoms with Crippen LogP contribution in [-0.4, -0.2) is 6.04 Å². The zero-order valence-electron chi connectivity index (χ0n) is 11.9. The predicted molar refractivity (Wildman–Crippen MR) is 86.9 cm³/mol. The van der Waals surface area contributed by atoms with Gasteiger partial charge in [-0.1, -0.05) is 54.0 Å². The molecule has 3 heteroatoms. The van der Waals surface area contributed by atoms with Crippen LogP contribution in [0.15, 0.2) is 53.0 Å². The molecule has 0 radical (unpaired) electrons. The van der Waals surface area contributed by atoms with Gasteiger partial charge in [0, 0.05) is 17.1 Å². The molecule has 0 aliphatic carbocycles. The van der Waals surface area contributed by atoms with E-state index >= 15 is 0 Å². The summed E-state index contributed by atoms with van der Waals surface area (Å²) in [6, 6.07) is 16.9. The highest BCUT2D eigenvalue weighted by Gasteiger charge is 1.98. The summed E-state index contributed by atoms with van der Waals surface area (Å²) in [7, 11) is 0. The maximum absolute atomic E-state index is 5.78. The molecule has 0 aromatic heterocycles. The third-order valence-corrected chi connectivity index (χ3v) is 3.49. The molecular weight excluding hydrogens is 314 g/mol. The van der Waals surface area contributed by atoms with E-state index in [1.54, 1.807) is 0 Å². The molecule has 0 saturated heterocycles. The van der Waals surface area contributed by atoms with Crippen molar-refractivity contribution in [2.45, 2.75) is 33.0 Å². The van der Waals surface area contributed by atoms with Crippen molar-refractivity contribution in [3.8, 4) is 5.75 Å². The van der Waals surface area contributed by atoms with Gasteiger partial charge in [-0.2, -0.15) is 0 Å². The van der Waals surface area contributed by atoms with Crippen LogP contribution in [0.5, 0.6) is 5.75 Å². The van der Waals surface area contributed by atoms with E-state index < -0.39 is 0 Å². The van der Waals surface area contributed by atoms with E-state index in [0.29, 0.717) is 12.6 Å². The Morgan fingerprint density at radius 3 is 2.15 bits per heavy atom. The molecule has 0 spiro atoms. The largest absolute Gasteiger partial charge is 0.489 e. The van der Waals surface area contributed by atoms with E-state index in [4.69, 9.17) is 4.74 Å². The van der Waals surface area contributed by atoms with Gasteiger partial charge in [0.1, 0.15) is 12.4 Å². The molecule has 106 valence electrons. The number of rotatable bonds is 6. The quantitative estimate of drug-likeness (QED) is 0.838. The van der Waals surface area contributed by atoms with Crippen molar-refractivity contribution in [1.29, 1.82) is 0 Å². The maximum atomic E-state index is 5.78. The van der Waals surface area contributed by atoms with Crippen LogP contribution in [0.25, 0.3) is 0 Å². The number of benzene rings is 2. The molecule has 0 fully saturated rings. The maximum Gasteiger partial charge on any atom is 0.119 e. The van der Waals surface area contributed by atoms with Crippen LogP contribution in [0.2, 0.25) is 0 Å². The third kappa shape index (κ3) is 4.99. The molecule has 0 heterocycles. The van der Waals surface area contributed by atoms with Crippen molar-refractivity contribution >= 4 is 15.9 Å². The monoisotopic (exact) mass is 333 g/mol. The number of ether oxygens (including phenoxy) is 1. The van der Waals surface area contributed by atoms with Crippen molar-refractivity contribution < 1.29 is 4.74 Å². The Morgan fingerprint density at radius 2 is 1.55 bits per heavy atom. The lowest BCUT2D eigenvalue weighted by molar-refractivity contribution is 0.306. The van der Waals surface area contributed by atoms with Gasteiger partial charge in [0.25, 0.3) is 0 Å². The van der Waals surface area contributed by atoms with Crippen LogP contribution < -0.4 is 10.1 Å². The van der Waals surface area contributed by atoms with Gasteiger partial charge in [0.15, 0.2) is 0 Å². The first-order valence-electron chi connectivity index (χ1n) is 6.83. The van der Waals surface area contributed by atoms with E-state index in [1.165, 1.54) is 11.1 Å². The summed E-state index contributed by atoms with van der Waals surface area (Å²) >= 11 is 3.43. The van der Waals surface area contributed by atoms with Crippen molar-refractivity contribution in [3.05, 3.63) is 64.1 Å². The van der Waals surface area contributed by atoms with Gasteiger partial charge in [0.2, 0.25) is 0 Å². The Kier molecular flexibility index (Phi) is 5.62. The normalized spacial score (nSPS) is 10.8. The summed E-state index contributed by atoms with van der Waals surface area (Å²) in [5, 5.41) is 3.40. The minimum Gasteiger partial charge on any atom is -0.489 e. The zero-order chi connectivity index (χ0) is 14.4. The molecule has 0 aliphatic rings. The summed E-state index contributed by atoms with van der Waals surface area (Å²) in [6.45, 7) is 5.78. The first-order chi connectivity index (χ1) is 9.63. The average molecular weight is 334 g/mol. The van der Waals surface area contributed by atoms with Crippen LogP contribution in [0.3, 0.4) is 0 Å². The summed E-state index contributed by atoms with van der Waals surface area (Å²) < 4.78 is 6.86. The van der Waals surface area contributed by atoms with Crippen LogP contribution in [0, 0.1) is 0 Å². The number of nitrogens with one attached hydrogen (secondary N) is 1. The third-order valence-electron chi connectivity index (χ3n) is 2.96. The molecule has 0 atom stereocenters. The van der Waals surface area contributed by atoms with Crippen LogP contribution in [0.1, 0.15) is 25.0 Å². The molecule has 2 aromatic rings. The average Bonchev–Trinajstić information content (AvgIpc) is 2.45. The first kappa shape index (κ1) is 15.1. The van der Waals surface area contributed by atoms with Crippen molar-refractivity contribution in [1.82, 2.24) is 5.32 Å². The molecule has 0 saturated carbocycles. The SMILES string of the molecule is CC(C)NCc1ccc(OCc2ccc(Br)cc2)cc1. The summed E-state index contributed by atoms with van der Waals surface area (Å²) in [5.74, 6) is 0.904. The van der Waals surface area contributed by atoms with E-state index in [9.17, 15) is 0 Å². The fourth-order valence-corrected chi connectivity index (χ4v) is 2.04. The van der Waals surface area contributed by atoms with Gasteiger partial charge in [0.05, 0.1) is 0 Å². The molecule has 20 heavy (non-hydrogen) atoms. The lowest BCUT2D eigenvalue weighted by atomic mass is 10.2. The minimum absolute atomic E-state index is 0.503. The number of halogens is 1. The Hall–Kier alpha value is -1.32. The van der Waals surface area contributed by atoms with E-state index in [2.05, 4.69) is 59.4 Å². The van der Waals surface area contributed by atoms with Crippen LogP contribution in [0.4, 0.5) is 0 Å². The summed E-state index contributed by atoms with van der Waals surface area (Å²) in [5.41, 5.74) is 2.44. The molecule has 1 N–H and O–H groups in total. The summed E-state index contributed by atoms with van der Waals surface area (Å²) in [6.07, 6.45) is 0. The van der Waals surface area contributed by atoms with Crippen molar-refractivity contribution in [2.24, 2.45) is 0 Å². The standard InChI is InChI=1S/C17H20BrNO/c1-13(2)19-11-14-5-9-17(10-6-14)20-12-15-3-7-16(18)8-4-15/h3-10,13,19H,11-12H2,1-2H3. The molecule has 0 amide bonds. The zero-order valence-corrected chi connectivity index (χ0v) is 13.5. The molecule has 0 bridgehead atoms. The molecular formula is C17H20BrNO. The lowest BCUT2D eigenvalue weighted by Gasteiger charge is -2.10. The van der Waals surface area contributed by atoms with Crippen LogP contribution in [-0.2, 0) is 13.2 Å². The minimum atomic E-state index is 0.503. The van der Waals surface area contributed by atoms with Gasteiger partial charge in [-0.15, -0.1) is 0 Å². The van der Waals surface area contributed by atoms with Gasteiger partial charge in [-0.25, -0.2) is 0 Å². The topological polar surface area (TPSA) is 21.3 Å². The molecule has 2 aromatic carbocycles. The van der Waals surface area contributed by atoms with Crippen LogP contribution >= 0.6 is 15.9 Å². The lowest BCUT2D eigenvalue weighted by Crippen LogP contribution is -2.21. The van der Waals surface area contributed by atoms with Crippen molar-refractivity contribution in [2.75, 3.05) is 0 Å². The number of hydrogen-bond donors (Lipinski definition) is 1. The molecule has 2 nitrogen and oxygen atoms in total. The number of hydrogen-bond acceptors (Lipinski definition) is 2. The fraction of sp³-hybridized carbons (Fsp3) is 0.294.